The largest absolute Gasteiger partial charge is 0.455 e. The third-order valence-electron chi connectivity index (χ3n) is 3.85. The summed E-state index contributed by atoms with van der Waals surface area (Å²) in [7, 11) is 0. The molecule has 2 unspecified atom stereocenters. The molecule has 1 saturated carbocycles. The van der Waals surface area contributed by atoms with Gasteiger partial charge in [0.15, 0.2) is 6.10 Å². The first-order chi connectivity index (χ1) is 9.80. The van der Waals surface area contributed by atoms with Gasteiger partial charge in [0.05, 0.1) is 0 Å². The van der Waals surface area contributed by atoms with Gasteiger partial charge in [0.1, 0.15) is 5.60 Å². The molecule has 0 aromatic carbocycles. The van der Waals surface area contributed by atoms with Gasteiger partial charge in [-0.05, 0) is 12.3 Å². The third-order valence-corrected chi connectivity index (χ3v) is 3.85. The van der Waals surface area contributed by atoms with Crippen molar-refractivity contribution in [1.29, 1.82) is 0 Å². The van der Waals surface area contributed by atoms with Crippen LogP contribution in [0.2, 0.25) is 0 Å². The van der Waals surface area contributed by atoms with E-state index < -0.39 is 42.0 Å². The Morgan fingerprint density at radius 1 is 1.05 bits per heavy atom. The Kier molecular flexibility index (Phi) is 4.22. The highest BCUT2D eigenvalue weighted by atomic mass is 16.8. The van der Waals surface area contributed by atoms with Crippen molar-refractivity contribution in [3.63, 3.8) is 0 Å². The molecule has 1 aliphatic carbocycles. The lowest BCUT2D eigenvalue weighted by molar-refractivity contribution is -0.197. The van der Waals surface area contributed by atoms with Crippen molar-refractivity contribution in [2.45, 2.75) is 64.6 Å². The summed E-state index contributed by atoms with van der Waals surface area (Å²) in [6.45, 7) is 5.75. The minimum absolute atomic E-state index is 0.181. The van der Waals surface area contributed by atoms with Crippen molar-refractivity contribution in [2.24, 2.45) is 5.92 Å². The van der Waals surface area contributed by atoms with Gasteiger partial charge in [-0.25, -0.2) is 0 Å². The zero-order chi connectivity index (χ0) is 15.8. The molecule has 2 rings (SSSR count). The minimum Gasteiger partial charge on any atom is -0.455 e. The van der Waals surface area contributed by atoms with Crippen LogP contribution in [0.15, 0.2) is 0 Å². The molecule has 1 aliphatic heterocycles. The van der Waals surface area contributed by atoms with Gasteiger partial charge in [0.2, 0.25) is 12.4 Å². The molecule has 2 aliphatic rings. The van der Waals surface area contributed by atoms with Crippen LogP contribution in [0.1, 0.15) is 40.5 Å². The van der Waals surface area contributed by atoms with Crippen molar-refractivity contribution in [3.05, 3.63) is 0 Å². The van der Waals surface area contributed by atoms with E-state index >= 15 is 0 Å². The second-order valence-corrected chi connectivity index (χ2v) is 5.46. The average molecular weight is 300 g/mol. The lowest BCUT2D eigenvalue weighted by Gasteiger charge is -2.23. The van der Waals surface area contributed by atoms with Crippen LogP contribution in [-0.2, 0) is 33.3 Å². The van der Waals surface area contributed by atoms with Crippen LogP contribution >= 0.6 is 0 Å². The first kappa shape index (κ1) is 15.8. The molecular formula is C14H20O7. The highest BCUT2D eigenvalue weighted by Gasteiger charge is 2.71. The normalized spacial score (nSPS) is 37.1. The van der Waals surface area contributed by atoms with Crippen LogP contribution in [-0.4, -0.2) is 42.0 Å². The van der Waals surface area contributed by atoms with E-state index in [2.05, 4.69) is 0 Å². The quantitative estimate of drug-likeness (QED) is 0.564. The van der Waals surface area contributed by atoms with Crippen LogP contribution < -0.4 is 0 Å². The predicted octanol–water partition coefficient (Wildman–Crippen LogP) is 0.938. The van der Waals surface area contributed by atoms with Crippen molar-refractivity contribution in [2.75, 3.05) is 0 Å². The number of carbonyl (C=O) groups is 3. The smallest absolute Gasteiger partial charge is 0.305 e. The van der Waals surface area contributed by atoms with E-state index in [0.717, 1.165) is 6.42 Å². The summed E-state index contributed by atoms with van der Waals surface area (Å²) in [5.41, 5.74) is -0.722. The summed E-state index contributed by atoms with van der Waals surface area (Å²) in [5, 5.41) is 0. The van der Waals surface area contributed by atoms with Crippen LogP contribution in [0.3, 0.4) is 0 Å². The van der Waals surface area contributed by atoms with E-state index in [0.29, 0.717) is 6.42 Å². The number of rotatable bonds is 4. The molecule has 0 N–H and O–H groups in total. The Morgan fingerprint density at radius 2 is 1.62 bits per heavy atom. The summed E-state index contributed by atoms with van der Waals surface area (Å²) >= 11 is 0. The maximum Gasteiger partial charge on any atom is 0.305 e. The Balaban J connectivity index is 2.26. The first-order valence-corrected chi connectivity index (χ1v) is 6.99. The summed E-state index contributed by atoms with van der Waals surface area (Å²) in [6.07, 6.45) is -1.23. The third kappa shape index (κ3) is 3.02. The zero-order valence-corrected chi connectivity index (χ0v) is 12.6. The summed E-state index contributed by atoms with van der Waals surface area (Å²) in [5.74, 6) is -1.42. The summed E-state index contributed by atoms with van der Waals surface area (Å²) in [4.78, 5) is 33.8. The van der Waals surface area contributed by atoms with Crippen molar-refractivity contribution in [3.8, 4) is 0 Å². The van der Waals surface area contributed by atoms with E-state index in [1.165, 1.54) is 20.8 Å². The van der Waals surface area contributed by atoms with Gasteiger partial charge in [0, 0.05) is 20.8 Å². The van der Waals surface area contributed by atoms with Crippen molar-refractivity contribution in [1.82, 2.24) is 0 Å². The van der Waals surface area contributed by atoms with Gasteiger partial charge in [-0.1, -0.05) is 13.3 Å². The van der Waals surface area contributed by atoms with Gasteiger partial charge in [-0.3, -0.25) is 14.4 Å². The monoisotopic (exact) mass is 300 g/mol. The number of hydrogen-bond acceptors (Lipinski definition) is 7. The Morgan fingerprint density at radius 3 is 2.05 bits per heavy atom. The summed E-state index contributed by atoms with van der Waals surface area (Å²) in [6, 6.07) is 0. The lowest BCUT2D eigenvalue weighted by Crippen LogP contribution is -2.42. The molecule has 0 aromatic heterocycles. The van der Waals surface area contributed by atoms with Gasteiger partial charge in [-0.2, -0.15) is 0 Å². The SMILES string of the molecule is CC[C@@H]1C[C@]12OC(OC(C)=O)[C@@H](OC(C)=O)C2OC(C)=O. The van der Waals surface area contributed by atoms with E-state index in [4.69, 9.17) is 18.9 Å². The molecule has 1 saturated heterocycles. The zero-order valence-electron chi connectivity index (χ0n) is 12.6. The molecule has 5 atom stereocenters. The van der Waals surface area contributed by atoms with Crippen LogP contribution in [0.25, 0.3) is 0 Å². The molecule has 118 valence electrons. The molecule has 7 nitrogen and oxygen atoms in total. The van der Waals surface area contributed by atoms with E-state index in [9.17, 15) is 14.4 Å². The molecule has 1 heterocycles. The molecule has 0 aromatic rings. The number of ether oxygens (including phenoxy) is 4. The second-order valence-electron chi connectivity index (χ2n) is 5.46. The Labute approximate surface area is 122 Å². The molecule has 0 bridgehead atoms. The van der Waals surface area contributed by atoms with Gasteiger partial charge in [0.25, 0.3) is 0 Å². The predicted molar refractivity (Wildman–Crippen MR) is 68.9 cm³/mol. The van der Waals surface area contributed by atoms with Crippen molar-refractivity contribution < 1.29 is 33.3 Å². The van der Waals surface area contributed by atoms with E-state index in [-0.39, 0.29) is 5.92 Å². The number of hydrogen-bond donors (Lipinski definition) is 0. The molecule has 0 amide bonds. The van der Waals surface area contributed by atoms with Crippen LogP contribution in [0, 0.1) is 5.92 Å². The minimum atomic E-state index is -1.05. The van der Waals surface area contributed by atoms with Crippen molar-refractivity contribution >= 4 is 17.9 Å². The standard InChI is InChI=1S/C14H20O7/c1-5-10-6-14(10)12(19-8(3)16)11(18-7(2)15)13(21-14)20-9(4)17/h10-13H,5-6H2,1-4H3/t10-,11+,12?,13?,14+/m1/s1. The first-order valence-electron chi connectivity index (χ1n) is 6.99. The lowest BCUT2D eigenvalue weighted by atomic mass is 10.1. The Hall–Kier alpha value is -1.63. The molecule has 1 spiro atoms. The summed E-state index contributed by atoms with van der Waals surface area (Å²) < 4.78 is 21.4. The van der Waals surface area contributed by atoms with E-state index in [1.807, 2.05) is 6.92 Å². The highest BCUT2D eigenvalue weighted by molar-refractivity contribution is 5.68. The Bertz CT molecular complexity index is 460. The topological polar surface area (TPSA) is 88.1 Å². The number of esters is 3. The average Bonchev–Trinajstić information content (AvgIpc) is 2.99. The molecular weight excluding hydrogens is 280 g/mol. The fourth-order valence-corrected chi connectivity index (χ4v) is 2.99. The molecule has 0 radical (unpaired) electrons. The van der Waals surface area contributed by atoms with Gasteiger partial charge in [-0.15, -0.1) is 0 Å². The maximum absolute atomic E-state index is 11.3. The highest BCUT2D eigenvalue weighted by Crippen LogP contribution is 2.58. The van der Waals surface area contributed by atoms with Gasteiger partial charge >= 0.3 is 17.9 Å². The fourth-order valence-electron chi connectivity index (χ4n) is 2.99. The fraction of sp³-hybridized carbons (Fsp3) is 0.786. The second kappa shape index (κ2) is 5.63. The maximum atomic E-state index is 11.3. The van der Waals surface area contributed by atoms with Crippen LogP contribution in [0.5, 0.6) is 0 Å². The van der Waals surface area contributed by atoms with Crippen LogP contribution in [0.4, 0.5) is 0 Å². The van der Waals surface area contributed by atoms with E-state index in [1.54, 1.807) is 0 Å². The van der Waals surface area contributed by atoms with Gasteiger partial charge < -0.3 is 18.9 Å². The molecule has 2 fully saturated rings. The molecule has 7 heteroatoms. The molecule has 21 heavy (non-hydrogen) atoms. The number of carbonyl (C=O) groups excluding carboxylic acids is 3.